The van der Waals surface area contributed by atoms with Crippen molar-refractivity contribution >= 4 is 45.2 Å². The van der Waals surface area contributed by atoms with Gasteiger partial charge in [0.1, 0.15) is 0 Å². The molecule has 4 heteroatoms. The third kappa shape index (κ3) is 3.59. The zero-order valence-electron chi connectivity index (χ0n) is 22.2. The summed E-state index contributed by atoms with van der Waals surface area (Å²) in [7, 11) is -0.382. The maximum Gasteiger partial charge on any atom is 0.494 e. The minimum Gasteiger partial charge on any atom is -0.399 e. The van der Waals surface area contributed by atoms with Gasteiger partial charge in [0.15, 0.2) is 0 Å². The monoisotopic (exact) mass is 495 g/mol. The third-order valence-corrected chi connectivity index (χ3v) is 8.43. The molecule has 0 bridgehead atoms. The molecule has 0 N–H and O–H groups in total. The van der Waals surface area contributed by atoms with Gasteiger partial charge in [-0.3, -0.25) is 0 Å². The largest absolute Gasteiger partial charge is 0.494 e. The lowest BCUT2D eigenvalue weighted by Crippen LogP contribution is -2.41. The summed E-state index contributed by atoms with van der Waals surface area (Å²) in [6.45, 7) is 8.38. The molecule has 0 radical (unpaired) electrons. The number of para-hydroxylation sites is 1. The molecule has 1 aliphatic heterocycles. The Hall–Kier alpha value is -3.86. The highest BCUT2D eigenvalue weighted by molar-refractivity contribution is 6.62. The molecule has 1 saturated heterocycles. The van der Waals surface area contributed by atoms with E-state index in [2.05, 4.69) is 141 Å². The summed E-state index contributed by atoms with van der Waals surface area (Å²) in [5.74, 6) is 0. The Morgan fingerprint density at radius 2 is 1.18 bits per heavy atom. The molecule has 1 aliphatic rings. The Labute approximate surface area is 223 Å². The predicted octanol–water partition coefficient (Wildman–Crippen LogP) is 7.90. The molecule has 2 heterocycles. The second-order valence-corrected chi connectivity index (χ2v) is 11.3. The third-order valence-electron chi connectivity index (χ3n) is 8.43. The van der Waals surface area contributed by atoms with Gasteiger partial charge in [-0.15, -0.1) is 0 Å². The maximum absolute atomic E-state index is 6.36. The van der Waals surface area contributed by atoms with E-state index in [9.17, 15) is 0 Å². The van der Waals surface area contributed by atoms with Crippen LogP contribution in [0.25, 0.3) is 49.4 Å². The van der Waals surface area contributed by atoms with Crippen molar-refractivity contribution in [3.05, 3.63) is 109 Å². The zero-order chi connectivity index (χ0) is 26.1. The average Bonchev–Trinajstić information content (AvgIpc) is 3.37. The first kappa shape index (κ1) is 23.3. The van der Waals surface area contributed by atoms with Crippen LogP contribution in [0.3, 0.4) is 0 Å². The van der Waals surface area contributed by atoms with Gasteiger partial charge in [-0.2, -0.15) is 0 Å². The molecule has 0 spiro atoms. The van der Waals surface area contributed by atoms with E-state index >= 15 is 0 Å². The Bertz CT molecular complexity index is 1820. The lowest BCUT2D eigenvalue weighted by molar-refractivity contribution is 0.00578. The van der Waals surface area contributed by atoms with Crippen molar-refractivity contribution in [3.8, 4) is 16.8 Å². The van der Waals surface area contributed by atoms with E-state index in [1.165, 1.54) is 43.7 Å². The highest BCUT2D eigenvalue weighted by Gasteiger charge is 2.51. The highest BCUT2D eigenvalue weighted by Crippen LogP contribution is 2.38. The summed E-state index contributed by atoms with van der Waals surface area (Å²) in [4.78, 5) is 0. The van der Waals surface area contributed by atoms with Crippen molar-refractivity contribution in [2.45, 2.75) is 38.9 Å². The lowest BCUT2D eigenvalue weighted by atomic mass is 9.78. The topological polar surface area (TPSA) is 23.4 Å². The molecular formula is C34H30BNO2. The molecule has 0 atom stereocenters. The molecule has 3 nitrogen and oxygen atoms in total. The fourth-order valence-electron chi connectivity index (χ4n) is 5.57. The first-order valence-electron chi connectivity index (χ1n) is 13.3. The summed E-state index contributed by atoms with van der Waals surface area (Å²) >= 11 is 0. The highest BCUT2D eigenvalue weighted by atomic mass is 16.7. The van der Waals surface area contributed by atoms with E-state index in [1.54, 1.807) is 0 Å². The molecule has 0 unspecified atom stereocenters. The maximum atomic E-state index is 6.36. The van der Waals surface area contributed by atoms with Gasteiger partial charge in [-0.05, 0) is 85.4 Å². The van der Waals surface area contributed by atoms with Crippen molar-refractivity contribution in [1.29, 1.82) is 0 Å². The summed E-state index contributed by atoms with van der Waals surface area (Å²) in [5, 5.41) is 4.94. The summed E-state index contributed by atoms with van der Waals surface area (Å²) in [6, 6.07) is 39.2. The standard InChI is InChI=1S/C34H30BNO2/c1-33(2)34(3,4)38-35(37-33)27-17-20-32-30(22-27)29-11-7-8-12-31(29)36(32)28-18-15-24(16-19-28)26-14-13-23-9-5-6-10-25(23)21-26/h5-22H,1-4H3. The van der Waals surface area contributed by atoms with Gasteiger partial charge in [0, 0.05) is 16.5 Å². The van der Waals surface area contributed by atoms with Crippen LogP contribution in [0.1, 0.15) is 27.7 Å². The molecule has 7 rings (SSSR count). The van der Waals surface area contributed by atoms with Crippen LogP contribution in [0.2, 0.25) is 0 Å². The van der Waals surface area contributed by atoms with Crippen LogP contribution in [0.4, 0.5) is 0 Å². The van der Waals surface area contributed by atoms with Crippen molar-refractivity contribution in [2.75, 3.05) is 0 Å². The van der Waals surface area contributed by atoms with Crippen molar-refractivity contribution in [3.63, 3.8) is 0 Å². The Kier molecular flexibility index (Phi) is 5.10. The van der Waals surface area contributed by atoms with Crippen molar-refractivity contribution in [2.24, 2.45) is 0 Å². The Balaban J connectivity index is 1.31. The van der Waals surface area contributed by atoms with E-state index < -0.39 is 0 Å². The molecule has 186 valence electrons. The molecule has 5 aromatic carbocycles. The van der Waals surface area contributed by atoms with E-state index in [0.29, 0.717) is 0 Å². The SMILES string of the molecule is CC1(C)OB(c2ccc3c(c2)c2ccccc2n3-c2ccc(-c3ccc4ccccc4c3)cc2)OC1(C)C. The van der Waals surface area contributed by atoms with Crippen LogP contribution in [0.5, 0.6) is 0 Å². The van der Waals surface area contributed by atoms with E-state index in [-0.39, 0.29) is 18.3 Å². The number of rotatable bonds is 3. The molecule has 1 fully saturated rings. The molecular weight excluding hydrogens is 465 g/mol. The van der Waals surface area contributed by atoms with Crippen LogP contribution < -0.4 is 5.46 Å². The molecule has 1 aromatic heterocycles. The van der Waals surface area contributed by atoms with Gasteiger partial charge in [-0.25, -0.2) is 0 Å². The summed E-state index contributed by atoms with van der Waals surface area (Å²) in [6.07, 6.45) is 0. The fourth-order valence-corrected chi connectivity index (χ4v) is 5.57. The van der Waals surface area contributed by atoms with Crippen LogP contribution in [0.15, 0.2) is 109 Å². The summed E-state index contributed by atoms with van der Waals surface area (Å²) < 4.78 is 15.1. The molecule has 38 heavy (non-hydrogen) atoms. The second kappa shape index (κ2) is 8.32. The van der Waals surface area contributed by atoms with Gasteiger partial charge in [0.05, 0.1) is 22.2 Å². The minimum atomic E-state index is -0.382. The number of nitrogens with zero attached hydrogens (tertiary/aromatic N) is 1. The van der Waals surface area contributed by atoms with Gasteiger partial charge in [0.2, 0.25) is 0 Å². The normalized spacial score (nSPS) is 16.6. The smallest absolute Gasteiger partial charge is 0.399 e. The van der Waals surface area contributed by atoms with E-state index in [1.807, 2.05) is 0 Å². The number of benzene rings is 5. The number of hydrogen-bond acceptors (Lipinski definition) is 2. The van der Waals surface area contributed by atoms with Gasteiger partial charge in [-0.1, -0.05) is 78.9 Å². The van der Waals surface area contributed by atoms with Crippen molar-refractivity contribution in [1.82, 2.24) is 4.57 Å². The van der Waals surface area contributed by atoms with Gasteiger partial charge in [0.25, 0.3) is 0 Å². The lowest BCUT2D eigenvalue weighted by Gasteiger charge is -2.32. The molecule has 0 saturated carbocycles. The van der Waals surface area contributed by atoms with Gasteiger partial charge >= 0.3 is 7.12 Å². The number of hydrogen-bond donors (Lipinski definition) is 0. The molecule has 0 aliphatic carbocycles. The van der Waals surface area contributed by atoms with Crippen LogP contribution >= 0.6 is 0 Å². The van der Waals surface area contributed by atoms with Crippen molar-refractivity contribution < 1.29 is 9.31 Å². The first-order valence-corrected chi connectivity index (χ1v) is 13.3. The molecule has 0 amide bonds. The fraction of sp³-hybridized carbons (Fsp3) is 0.176. The van der Waals surface area contributed by atoms with E-state index in [4.69, 9.17) is 9.31 Å². The Morgan fingerprint density at radius 3 is 1.95 bits per heavy atom. The molecule has 6 aromatic rings. The average molecular weight is 495 g/mol. The number of fused-ring (bicyclic) bond motifs is 4. The van der Waals surface area contributed by atoms with Gasteiger partial charge < -0.3 is 13.9 Å². The second-order valence-electron chi connectivity index (χ2n) is 11.3. The quantitative estimate of drug-likeness (QED) is 0.233. The van der Waals surface area contributed by atoms with E-state index in [0.717, 1.165) is 11.2 Å². The number of aromatic nitrogens is 1. The van der Waals surface area contributed by atoms with Crippen LogP contribution in [0, 0.1) is 0 Å². The predicted molar refractivity (Wildman–Crippen MR) is 159 cm³/mol. The summed E-state index contributed by atoms with van der Waals surface area (Å²) in [5.41, 5.74) is 6.25. The van der Waals surface area contributed by atoms with Crippen LogP contribution in [-0.4, -0.2) is 22.9 Å². The minimum absolute atomic E-state index is 0.368. The Morgan fingerprint density at radius 1 is 0.553 bits per heavy atom. The first-order chi connectivity index (χ1) is 18.3. The zero-order valence-corrected chi connectivity index (χ0v) is 22.2. The van der Waals surface area contributed by atoms with Crippen LogP contribution in [-0.2, 0) is 9.31 Å².